The van der Waals surface area contributed by atoms with Gasteiger partial charge in [0.2, 0.25) is 11.8 Å². The van der Waals surface area contributed by atoms with Crippen molar-refractivity contribution < 1.29 is 14.8 Å². The zero-order chi connectivity index (χ0) is 24.7. The molecule has 179 valence electrons. The number of hydrogen-bond donors (Lipinski definition) is 2. The number of piperidine rings is 1. The number of aromatic nitrogens is 2. The van der Waals surface area contributed by atoms with E-state index >= 15 is 0 Å². The van der Waals surface area contributed by atoms with E-state index in [1.807, 2.05) is 58.0 Å². The van der Waals surface area contributed by atoms with Gasteiger partial charge in [0.1, 0.15) is 0 Å². The number of carbonyl (C=O) groups is 2. The average molecular weight is 464 g/mol. The highest BCUT2D eigenvalue weighted by Crippen LogP contribution is 2.39. The molecule has 1 aromatic carbocycles. The Hall–Kier alpha value is -3.30. The Bertz CT molecular complexity index is 1220. The van der Waals surface area contributed by atoms with Gasteiger partial charge in [-0.05, 0) is 64.8 Å². The molecule has 0 saturated carbocycles. The molecule has 0 bridgehead atoms. The number of rotatable bonds is 6. The molecule has 1 aliphatic heterocycles. The highest BCUT2D eigenvalue weighted by molar-refractivity contribution is 6.09. The second-order valence-corrected chi connectivity index (χ2v) is 10.2. The van der Waals surface area contributed by atoms with Crippen LogP contribution in [0.1, 0.15) is 40.5 Å². The van der Waals surface area contributed by atoms with Crippen molar-refractivity contribution in [3.05, 3.63) is 42.7 Å². The molecule has 4 rings (SSSR count). The molecule has 3 aromatic rings. The monoisotopic (exact) mass is 463 g/mol. The van der Waals surface area contributed by atoms with Crippen LogP contribution in [0.4, 0.5) is 5.69 Å². The molecule has 1 fully saturated rings. The molecule has 1 radical (unpaired) electrons. The van der Waals surface area contributed by atoms with E-state index in [9.17, 15) is 14.8 Å². The number of nitrogens with two attached hydrogens (primary N) is 1. The van der Waals surface area contributed by atoms with Crippen LogP contribution in [0.3, 0.4) is 0 Å². The first-order chi connectivity index (χ1) is 16.0. The number of nitrogens with one attached hydrogen (secondary N) is 1. The summed E-state index contributed by atoms with van der Waals surface area (Å²) in [7, 11) is 0. The third-order valence-corrected chi connectivity index (χ3v) is 6.55. The molecule has 0 aliphatic carbocycles. The van der Waals surface area contributed by atoms with Crippen molar-refractivity contribution in [1.82, 2.24) is 19.9 Å². The van der Waals surface area contributed by atoms with E-state index < -0.39 is 17.0 Å². The molecule has 1 aliphatic rings. The average Bonchev–Trinajstić information content (AvgIpc) is 2.78. The molecular weight excluding hydrogens is 432 g/mol. The van der Waals surface area contributed by atoms with Crippen molar-refractivity contribution in [3.63, 3.8) is 0 Å². The SMILES string of the molecule is CC1(C)CC(N(CC(N)=O)C(=O)CNc2cc3cccnc3c3ncccc23)CC(C)(C)N1[O]. The molecule has 1 saturated heterocycles. The lowest BCUT2D eigenvalue weighted by molar-refractivity contribution is -0.293. The molecule has 9 heteroatoms. The topological polar surface area (TPSA) is 124 Å². The molecule has 0 spiro atoms. The van der Waals surface area contributed by atoms with Gasteiger partial charge in [-0.1, -0.05) is 6.07 Å². The van der Waals surface area contributed by atoms with E-state index in [4.69, 9.17) is 5.73 Å². The molecule has 2 aromatic heterocycles. The largest absolute Gasteiger partial charge is 0.376 e. The Kier molecular flexibility index (Phi) is 6.18. The smallest absolute Gasteiger partial charge is 0.242 e. The zero-order valence-corrected chi connectivity index (χ0v) is 20.0. The van der Waals surface area contributed by atoms with Crippen LogP contribution < -0.4 is 11.1 Å². The summed E-state index contributed by atoms with van der Waals surface area (Å²) in [5.74, 6) is -0.835. The number of amides is 2. The lowest BCUT2D eigenvalue weighted by Crippen LogP contribution is -2.63. The van der Waals surface area contributed by atoms with Crippen molar-refractivity contribution in [1.29, 1.82) is 0 Å². The number of fused-ring (bicyclic) bond motifs is 3. The van der Waals surface area contributed by atoms with Crippen LogP contribution in [0.5, 0.6) is 0 Å². The molecule has 3 N–H and O–H groups in total. The predicted octanol–water partition coefficient (Wildman–Crippen LogP) is 2.88. The van der Waals surface area contributed by atoms with Crippen molar-refractivity contribution >= 4 is 39.3 Å². The number of pyridine rings is 2. The number of primary amides is 1. The van der Waals surface area contributed by atoms with Gasteiger partial charge < -0.3 is 16.0 Å². The summed E-state index contributed by atoms with van der Waals surface area (Å²) in [6.45, 7) is 7.23. The maximum Gasteiger partial charge on any atom is 0.242 e. The predicted molar refractivity (Wildman–Crippen MR) is 130 cm³/mol. The summed E-state index contributed by atoms with van der Waals surface area (Å²) in [5.41, 5.74) is 6.44. The fourth-order valence-electron chi connectivity index (χ4n) is 5.22. The number of benzene rings is 1. The Balaban J connectivity index is 1.61. The zero-order valence-electron chi connectivity index (χ0n) is 20.0. The summed E-state index contributed by atoms with van der Waals surface area (Å²) < 4.78 is 0. The van der Waals surface area contributed by atoms with Gasteiger partial charge in [0.15, 0.2) is 0 Å². The van der Waals surface area contributed by atoms with Crippen molar-refractivity contribution in [2.75, 3.05) is 18.4 Å². The van der Waals surface area contributed by atoms with Crippen LogP contribution in [0.25, 0.3) is 21.8 Å². The number of hydroxylamine groups is 2. The third kappa shape index (κ3) is 4.53. The number of nitrogens with zero attached hydrogens (tertiary/aromatic N) is 4. The fraction of sp³-hybridized carbons (Fsp3) is 0.440. The first kappa shape index (κ1) is 23.8. The van der Waals surface area contributed by atoms with E-state index in [1.165, 1.54) is 4.90 Å². The summed E-state index contributed by atoms with van der Waals surface area (Å²) in [4.78, 5) is 35.7. The molecule has 0 atom stereocenters. The van der Waals surface area contributed by atoms with Gasteiger partial charge in [-0.15, -0.1) is 10.3 Å². The van der Waals surface area contributed by atoms with E-state index in [0.717, 1.165) is 32.6 Å². The van der Waals surface area contributed by atoms with Crippen molar-refractivity contribution in [2.45, 2.75) is 57.7 Å². The Labute approximate surface area is 198 Å². The summed E-state index contributed by atoms with van der Waals surface area (Å²) in [6.07, 6.45) is 4.34. The standard InChI is InChI=1S/C25H31N6O3/c1-24(2)12-17(13-25(3,4)31(24)34)30(15-20(26)32)21(33)14-29-19-11-16-7-5-9-27-22(16)23-18(19)8-6-10-28-23/h5-11,17,29H,12-15H2,1-4H3,(H2,26,32). The summed E-state index contributed by atoms with van der Waals surface area (Å²) in [5, 5.41) is 18.9. The quantitative estimate of drug-likeness (QED) is 0.542. The molecule has 3 heterocycles. The maximum atomic E-state index is 13.4. The van der Waals surface area contributed by atoms with Crippen molar-refractivity contribution in [2.24, 2.45) is 5.73 Å². The van der Waals surface area contributed by atoms with Gasteiger partial charge in [0.25, 0.3) is 0 Å². The summed E-state index contributed by atoms with van der Waals surface area (Å²) in [6, 6.07) is 9.23. The second kappa shape index (κ2) is 8.81. The van der Waals surface area contributed by atoms with Gasteiger partial charge in [0, 0.05) is 46.0 Å². The molecule has 0 unspecified atom stereocenters. The van der Waals surface area contributed by atoms with Gasteiger partial charge in [0.05, 0.1) is 24.1 Å². The summed E-state index contributed by atoms with van der Waals surface area (Å²) >= 11 is 0. The maximum absolute atomic E-state index is 13.4. The van der Waals surface area contributed by atoms with Crippen LogP contribution in [-0.4, -0.2) is 62.0 Å². The van der Waals surface area contributed by atoms with Crippen LogP contribution in [0, 0.1) is 0 Å². The van der Waals surface area contributed by atoms with E-state index in [1.54, 1.807) is 12.4 Å². The minimum Gasteiger partial charge on any atom is -0.376 e. The van der Waals surface area contributed by atoms with E-state index in [-0.39, 0.29) is 25.0 Å². The van der Waals surface area contributed by atoms with Crippen LogP contribution in [-0.2, 0) is 14.8 Å². The van der Waals surface area contributed by atoms with Gasteiger partial charge >= 0.3 is 0 Å². The van der Waals surface area contributed by atoms with Crippen LogP contribution in [0.2, 0.25) is 0 Å². The van der Waals surface area contributed by atoms with Gasteiger partial charge in [-0.3, -0.25) is 19.6 Å². The second-order valence-electron chi connectivity index (χ2n) is 10.2. The van der Waals surface area contributed by atoms with E-state index in [2.05, 4.69) is 15.3 Å². The number of anilines is 1. The number of carbonyl (C=O) groups excluding carboxylic acids is 2. The number of hydrogen-bond acceptors (Lipinski definition) is 6. The van der Waals surface area contributed by atoms with Crippen LogP contribution >= 0.6 is 0 Å². The first-order valence-corrected chi connectivity index (χ1v) is 11.4. The lowest BCUT2D eigenvalue weighted by Gasteiger charge is -2.52. The Morgan fingerprint density at radius 1 is 1.09 bits per heavy atom. The minimum atomic E-state index is -0.677. The third-order valence-electron chi connectivity index (χ3n) is 6.55. The molecule has 9 nitrogen and oxygen atoms in total. The highest BCUT2D eigenvalue weighted by Gasteiger charge is 2.48. The lowest BCUT2D eigenvalue weighted by atomic mass is 9.78. The molecular formula is C25H31N6O3. The molecule has 2 amide bonds. The fourth-order valence-corrected chi connectivity index (χ4v) is 5.22. The van der Waals surface area contributed by atoms with Gasteiger partial charge in [-0.2, -0.15) is 0 Å². The minimum absolute atomic E-state index is 0.0263. The van der Waals surface area contributed by atoms with E-state index in [0.29, 0.717) is 12.8 Å². The molecule has 34 heavy (non-hydrogen) atoms. The van der Waals surface area contributed by atoms with Gasteiger partial charge in [-0.25, -0.2) is 0 Å². The highest BCUT2D eigenvalue weighted by atomic mass is 16.5. The first-order valence-electron chi connectivity index (χ1n) is 11.4. The van der Waals surface area contributed by atoms with Crippen LogP contribution in [0.15, 0.2) is 42.7 Å². The Morgan fingerprint density at radius 2 is 1.71 bits per heavy atom. The Morgan fingerprint density at radius 3 is 2.35 bits per heavy atom. The normalized spacial score (nSPS) is 18.1. The van der Waals surface area contributed by atoms with Crippen molar-refractivity contribution in [3.8, 4) is 0 Å².